The third-order valence-corrected chi connectivity index (χ3v) is 6.37. The van der Waals surface area contributed by atoms with Crippen molar-refractivity contribution in [3.05, 3.63) is 48.0 Å². The summed E-state index contributed by atoms with van der Waals surface area (Å²) >= 11 is 0. The minimum absolute atomic E-state index is 0.220. The standard InChI is InChI=1S/C29H46N2O/c1-3-4-5-6-7-8-9-10-11-12-13-22-29(32)30-23-17-24-31(2)25-27-20-16-19-26-18-14-15-21-28(26)27/h14-16,18-21H,3-13,17,22-25H2,1-2H3,(H,30,32). The van der Waals surface area contributed by atoms with Crippen LogP contribution in [0.3, 0.4) is 0 Å². The lowest BCUT2D eigenvalue weighted by molar-refractivity contribution is -0.121. The van der Waals surface area contributed by atoms with Crippen LogP contribution >= 0.6 is 0 Å². The maximum absolute atomic E-state index is 12.1. The molecule has 0 aromatic heterocycles. The van der Waals surface area contributed by atoms with Crippen LogP contribution in [0.25, 0.3) is 10.8 Å². The number of hydrogen-bond donors (Lipinski definition) is 1. The van der Waals surface area contributed by atoms with Crippen LogP contribution in [0.4, 0.5) is 0 Å². The van der Waals surface area contributed by atoms with Crippen LogP contribution in [0.15, 0.2) is 42.5 Å². The summed E-state index contributed by atoms with van der Waals surface area (Å²) in [6.45, 7) is 4.97. The molecule has 1 amide bonds. The average Bonchev–Trinajstić information content (AvgIpc) is 2.80. The van der Waals surface area contributed by atoms with Crippen LogP contribution in [-0.4, -0.2) is 30.9 Å². The summed E-state index contributed by atoms with van der Waals surface area (Å²) in [4.78, 5) is 14.4. The molecule has 0 saturated heterocycles. The number of benzene rings is 2. The number of amides is 1. The van der Waals surface area contributed by atoms with E-state index in [1.54, 1.807) is 0 Å². The van der Waals surface area contributed by atoms with Crippen molar-refractivity contribution in [1.29, 1.82) is 0 Å². The predicted molar refractivity (Wildman–Crippen MR) is 139 cm³/mol. The second-order valence-electron chi connectivity index (χ2n) is 9.37. The Morgan fingerprint density at radius 2 is 1.41 bits per heavy atom. The Morgan fingerprint density at radius 3 is 2.12 bits per heavy atom. The summed E-state index contributed by atoms with van der Waals surface area (Å²) in [5, 5.41) is 5.74. The highest BCUT2D eigenvalue weighted by molar-refractivity contribution is 5.85. The first-order valence-corrected chi connectivity index (χ1v) is 13.1. The molecule has 0 bridgehead atoms. The fraction of sp³-hybridized carbons (Fsp3) is 0.621. The van der Waals surface area contributed by atoms with Crippen molar-refractivity contribution < 1.29 is 4.79 Å². The third kappa shape index (κ3) is 11.1. The summed E-state index contributed by atoms with van der Waals surface area (Å²) in [6.07, 6.45) is 16.2. The highest BCUT2D eigenvalue weighted by atomic mass is 16.1. The van der Waals surface area contributed by atoms with Gasteiger partial charge in [0.1, 0.15) is 0 Å². The molecule has 1 N–H and O–H groups in total. The normalized spacial score (nSPS) is 11.3. The second-order valence-corrected chi connectivity index (χ2v) is 9.37. The zero-order valence-electron chi connectivity index (χ0n) is 20.7. The highest BCUT2D eigenvalue weighted by Crippen LogP contribution is 2.19. The molecule has 3 heteroatoms. The first-order valence-electron chi connectivity index (χ1n) is 13.1. The molecular weight excluding hydrogens is 392 g/mol. The van der Waals surface area contributed by atoms with Gasteiger partial charge in [-0.3, -0.25) is 4.79 Å². The van der Waals surface area contributed by atoms with Crippen LogP contribution in [0.5, 0.6) is 0 Å². The number of nitrogens with zero attached hydrogens (tertiary/aromatic N) is 1. The number of unbranched alkanes of at least 4 members (excludes halogenated alkanes) is 10. The van der Waals surface area contributed by atoms with Crippen LogP contribution in [0.2, 0.25) is 0 Å². The van der Waals surface area contributed by atoms with E-state index in [4.69, 9.17) is 0 Å². The van der Waals surface area contributed by atoms with Gasteiger partial charge in [0.2, 0.25) is 5.91 Å². The number of carbonyl (C=O) groups excluding carboxylic acids is 1. The topological polar surface area (TPSA) is 32.3 Å². The molecule has 0 aliphatic carbocycles. The molecule has 0 heterocycles. The largest absolute Gasteiger partial charge is 0.356 e. The van der Waals surface area contributed by atoms with Gasteiger partial charge in [-0.1, -0.05) is 114 Å². The first kappa shape index (κ1) is 26.4. The number of fused-ring (bicyclic) bond motifs is 1. The Balaban J connectivity index is 1.45. The van der Waals surface area contributed by atoms with Crippen LogP contribution < -0.4 is 5.32 Å². The van der Waals surface area contributed by atoms with Gasteiger partial charge in [-0.2, -0.15) is 0 Å². The zero-order chi connectivity index (χ0) is 22.9. The maximum Gasteiger partial charge on any atom is 0.219 e. The Morgan fingerprint density at radius 1 is 0.781 bits per heavy atom. The van der Waals surface area contributed by atoms with Gasteiger partial charge < -0.3 is 10.2 Å². The maximum atomic E-state index is 12.1. The molecule has 32 heavy (non-hydrogen) atoms. The van der Waals surface area contributed by atoms with Crippen molar-refractivity contribution in [2.75, 3.05) is 20.1 Å². The summed E-state index contributed by atoms with van der Waals surface area (Å²) in [5.74, 6) is 0.220. The van der Waals surface area contributed by atoms with E-state index >= 15 is 0 Å². The summed E-state index contributed by atoms with van der Waals surface area (Å²) in [7, 11) is 2.16. The quantitative estimate of drug-likeness (QED) is 0.245. The van der Waals surface area contributed by atoms with Gasteiger partial charge in [-0.25, -0.2) is 0 Å². The molecule has 178 valence electrons. The van der Waals surface area contributed by atoms with Crippen molar-refractivity contribution in [2.24, 2.45) is 0 Å². The zero-order valence-corrected chi connectivity index (χ0v) is 20.7. The van der Waals surface area contributed by atoms with Gasteiger partial charge in [0.25, 0.3) is 0 Å². The van der Waals surface area contributed by atoms with E-state index in [0.717, 1.165) is 32.5 Å². The molecular formula is C29H46N2O. The molecule has 0 unspecified atom stereocenters. The predicted octanol–water partition coefficient (Wildman–Crippen LogP) is 7.48. The molecule has 0 aliphatic heterocycles. The molecule has 0 aliphatic rings. The molecule has 2 aromatic rings. The SMILES string of the molecule is CCCCCCCCCCCCCC(=O)NCCCN(C)Cc1cccc2ccccc12. The Kier molecular flexibility index (Phi) is 13.8. The number of rotatable bonds is 18. The fourth-order valence-electron chi connectivity index (χ4n) is 4.42. The lowest BCUT2D eigenvalue weighted by atomic mass is 10.0. The minimum Gasteiger partial charge on any atom is -0.356 e. The van der Waals surface area contributed by atoms with Crippen LogP contribution in [0.1, 0.15) is 96.0 Å². The smallest absolute Gasteiger partial charge is 0.219 e. The van der Waals surface area contributed by atoms with Crippen LogP contribution in [-0.2, 0) is 11.3 Å². The van der Waals surface area contributed by atoms with E-state index in [9.17, 15) is 4.79 Å². The molecule has 0 atom stereocenters. The average molecular weight is 439 g/mol. The van der Waals surface area contributed by atoms with E-state index in [1.807, 2.05) is 0 Å². The molecule has 0 radical (unpaired) electrons. The van der Waals surface area contributed by atoms with Gasteiger partial charge in [-0.15, -0.1) is 0 Å². The second kappa shape index (κ2) is 16.7. The van der Waals surface area contributed by atoms with Crippen LogP contribution in [0, 0.1) is 0 Å². The highest BCUT2D eigenvalue weighted by Gasteiger charge is 2.05. The summed E-state index contributed by atoms with van der Waals surface area (Å²) < 4.78 is 0. The van der Waals surface area contributed by atoms with E-state index < -0.39 is 0 Å². The van der Waals surface area contributed by atoms with Crippen molar-refractivity contribution in [3.63, 3.8) is 0 Å². The molecule has 0 fully saturated rings. The lowest BCUT2D eigenvalue weighted by Crippen LogP contribution is -2.28. The molecule has 3 nitrogen and oxygen atoms in total. The molecule has 0 spiro atoms. The van der Waals surface area contributed by atoms with Gasteiger partial charge in [0, 0.05) is 19.5 Å². The monoisotopic (exact) mass is 438 g/mol. The summed E-state index contributed by atoms with van der Waals surface area (Å²) in [5.41, 5.74) is 1.37. The van der Waals surface area contributed by atoms with Crippen molar-refractivity contribution in [1.82, 2.24) is 10.2 Å². The lowest BCUT2D eigenvalue weighted by Gasteiger charge is -2.18. The van der Waals surface area contributed by atoms with Gasteiger partial charge in [-0.05, 0) is 42.8 Å². The Bertz CT molecular complexity index is 752. The number of carbonyl (C=O) groups is 1. The van der Waals surface area contributed by atoms with Crippen molar-refractivity contribution in [2.45, 2.75) is 96.9 Å². The van der Waals surface area contributed by atoms with E-state index in [1.165, 1.54) is 80.5 Å². The molecule has 0 saturated carbocycles. The van der Waals surface area contributed by atoms with E-state index in [2.05, 4.69) is 66.7 Å². The van der Waals surface area contributed by atoms with Gasteiger partial charge in [0.05, 0.1) is 0 Å². The van der Waals surface area contributed by atoms with Gasteiger partial charge >= 0.3 is 0 Å². The van der Waals surface area contributed by atoms with Crippen molar-refractivity contribution in [3.8, 4) is 0 Å². The minimum atomic E-state index is 0.220. The first-order chi connectivity index (χ1) is 15.7. The molecule has 2 aromatic carbocycles. The Labute approximate surface area is 197 Å². The fourth-order valence-corrected chi connectivity index (χ4v) is 4.42. The van der Waals surface area contributed by atoms with E-state index in [0.29, 0.717) is 6.42 Å². The van der Waals surface area contributed by atoms with Crippen molar-refractivity contribution >= 4 is 16.7 Å². The summed E-state index contributed by atoms with van der Waals surface area (Å²) in [6, 6.07) is 15.1. The number of hydrogen-bond acceptors (Lipinski definition) is 2. The number of nitrogens with one attached hydrogen (secondary N) is 1. The third-order valence-electron chi connectivity index (χ3n) is 6.37. The van der Waals surface area contributed by atoms with E-state index in [-0.39, 0.29) is 5.91 Å². The Hall–Kier alpha value is -1.87. The van der Waals surface area contributed by atoms with Gasteiger partial charge in [0.15, 0.2) is 0 Å². The molecule has 2 rings (SSSR count).